The molecule has 0 aromatic carbocycles. The van der Waals surface area contributed by atoms with E-state index in [0.717, 1.165) is 0 Å². The molecule has 0 aliphatic heterocycles. The molecule has 0 amide bonds. The Hall–Kier alpha value is -1.53. The van der Waals surface area contributed by atoms with Gasteiger partial charge in [-0.1, -0.05) is 11.8 Å². The van der Waals surface area contributed by atoms with Crippen molar-refractivity contribution in [3.8, 4) is 11.8 Å². The first-order valence-corrected chi connectivity index (χ1v) is 3.61. The predicted octanol–water partition coefficient (Wildman–Crippen LogP) is 0.0539. The number of nitrogens with zero attached hydrogens (tertiary/aromatic N) is 1. The molecule has 0 saturated heterocycles. The average molecular weight is 163 g/mol. The van der Waals surface area contributed by atoms with E-state index in [0.29, 0.717) is 16.7 Å². The molecule has 0 atom stereocenters. The number of hydrogen-bond donors (Lipinski definition) is 1. The van der Waals surface area contributed by atoms with Crippen molar-refractivity contribution in [2.75, 3.05) is 6.61 Å². The zero-order chi connectivity index (χ0) is 8.81. The molecule has 0 radical (unpaired) electrons. The summed E-state index contributed by atoms with van der Waals surface area (Å²) >= 11 is 0. The second-order valence-corrected chi connectivity index (χ2v) is 2.23. The van der Waals surface area contributed by atoms with Crippen LogP contribution in [0, 0.1) is 17.0 Å². The van der Waals surface area contributed by atoms with Gasteiger partial charge < -0.3 is 10.3 Å². The first-order chi connectivity index (χ1) is 5.83. The quantitative estimate of drug-likeness (QED) is 0.361. The van der Waals surface area contributed by atoms with Gasteiger partial charge in [0.2, 0.25) is 0 Å². The van der Waals surface area contributed by atoms with Gasteiger partial charge >= 0.3 is 0 Å². The molecule has 0 saturated carbocycles. The second kappa shape index (κ2) is 4.37. The van der Waals surface area contributed by atoms with Crippen LogP contribution in [0.3, 0.4) is 0 Å². The molecule has 1 heterocycles. The van der Waals surface area contributed by atoms with Crippen LogP contribution < -0.4 is 4.73 Å². The third-order valence-electron chi connectivity index (χ3n) is 1.24. The van der Waals surface area contributed by atoms with Crippen LogP contribution in [0.5, 0.6) is 0 Å². The Labute approximate surface area is 70.9 Å². The summed E-state index contributed by atoms with van der Waals surface area (Å²) in [6.45, 7) is 0.0528. The summed E-state index contributed by atoms with van der Waals surface area (Å²) in [6.07, 6.45) is 3.23. The van der Waals surface area contributed by atoms with E-state index >= 15 is 0 Å². The van der Waals surface area contributed by atoms with E-state index in [1.807, 2.05) is 0 Å². The lowest BCUT2D eigenvalue weighted by atomic mass is 10.3. The second-order valence-electron chi connectivity index (χ2n) is 2.23. The zero-order valence-corrected chi connectivity index (χ0v) is 6.53. The summed E-state index contributed by atoms with van der Waals surface area (Å²) in [6, 6.07) is 3.38. The van der Waals surface area contributed by atoms with Gasteiger partial charge in [0, 0.05) is 12.5 Å². The van der Waals surface area contributed by atoms with Crippen LogP contribution in [0.1, 0.15) is 12.0 Å². The van der Waals surface area contributed by atoms with E-state index in [1.165, 1.54) is 12.4 Å². The average Bonchev–Trinajstić information content (AvgIpc) is 2.05. The molecule has 1 aromatic heterocycles. The molecule has 12 heavy (non-hydrogen) atoms. The summed E-state index contributed by atoms with van der Waals surface area (Å²) in [5, 5.41) is 19.2. The third-order valence-corrected chi connectivity index (χ3v) is 1.24. The van der Waals surface area contributed by atoms with Crippen LogP contribution in [-0.4, -0.2) is 11.7 Å². The third kappa shape index (κ3) is 2.60. The fourth-order valence-electron chi connectivity index (χ4n) is 0.749. The Morgan fingerprint density at radius 3 is 3.08 bits per heavy atom. The van der Waals surface area contributed by atoms with E-state index in [-0.39, 0.29) is 6.61 Å². The molecular weight excluding hydrogens is 154 g/mol. The molecule has 0 fully saturated rings. The molecule has 0 aliphatic rings. The van der Waals surface area contributed by atoms with E-state index in [9.17, 15) is 5.21 Å². The summed E-state index contributed by atoms with van der Waals surface area (Å²) < 4.78 is 0.697. The largest absolute Gasteiger partial charge is 0.619 e. The normalized spacial score (nSPS) is 8.75. The predicted molar refractivity (Wildman–Crippen MR) is 44.0 cm³/mol. The first kappa shape index (κ1) is 8.57. The zero-order valence-electron chi connectivity index (χ0n) is 6.53. The van der Waals surface area contributed by atoms with Crippen molar-refractivity contribution in [3.05, 3.63) is 35.3 Å². The van der Waals surface area contributed by atoms with Crippen molar-refractivity contribution in [1.82, 2.24) is 0 Å². The standard InChI is InChI=1S/C9H9NO2/c11-7-2-1-4-9-5-3-6-10(12)8-9/h3,5-6,8,11H,2,7H2. The molecular formula is C9H9NO2. The number of aromatic nitrogens is 1. The lowest BCUT2D eigenvalue weighted by Crippen LogP contribution is -2.24. The molecule has 1 aromatic rings. The van der Waals surface area contributed by atoms with Gasteiger partial charge in [-0.2, -0.15) is 4.73 Å². The highest BCUT2D eigenvalue weighted by atomic mass is 16.5. The minimum atomic E-state index is 0.0528. The van der Waals surface area contributed by atoms with Gasteiger partial charge in [0.15, 0.2) is 12.4 Å². The van der Waals surface area contributed by atoms with Gasteiger partial charge in [0.05, 0.1) is 12.2 Å². The van der Waals surface area contributed by atoms with Gasteiger partial charge in [0.1, 0.15) is 0 Å². The Morgan fingerprint density at radius 1 is 1.58 bits per heavy atom. The maximum atomic E-state index is 10.7. The number of aliphatic hydroxyl groups excluding tert-OH is 1. The Balaban J connectivity index is 2.71. The van der Waals surface area contributed by atoms with Crippen molar-refractivity contribution in [1.29, 1.82) is 0 Å². The summed E-state index contributed by atoms with van der Waals surface area (Å²) in [5.41, 5.74) is 0.668. The van der Waals surface area contributed by atoms with Gasteiger partial charge in [-0.3, -0.25) is 0 Å². The lowest BCUT2D eigenvalue weighted by Gasteiger charge is -1.92. The van der Waals surface area contributed by atoms with E-state index in [4.69, 9.17) is 5.11 Å². The molecule has 0 aliphatic carbocycles. The SMILES string of the molecule is [O-][n+]1cccc(C#CCCO)c1. The topological polar surface area (TPSA) is 47.2 Å². The molecule has 0 bridgehead atoms. The Kier molecular flexibility index (Phi) is 3.12. The molecule has 3 nitrogen and oxygen atoms in total. The number of rotatable bonds is 1. The van der Waals surface area contributed by atoms with Gasteiger partial charge in [0.25, 0.3) is 0 Å². The van der Waals surface area contributed by atoms with Crippen LogP contribution >= 0.6 is 0 Å². The van der Waals surface area contributed by atoms with Crippen molar-refractivity contribution in [2.45, 2.75) is 6.42 Å². The van der Waals surface area contributed by atoms with E-state index in [1.54, 1.807) is 12.1 Å². The number of pyridine rings is 1. The number of aliphatic hydroxyl groups is 1. The van der Waals surface area contributed by atoms with E-state index in [2.05, 4.69) is 11.8 Å². The van der Waals surface area contributed by atoms with Crippen LogP contribution in [0.2, 0.25) is 0 Å². The fraction of sp³-hybridized carbons (Fsp3) is 0.222. The molecule has 0 unspecified atom stereocenters. The van der Waals surface area contributed by atoms with Crippen molar-refractivity contribution in [2.24, 2.45) is 0 Å². The van der Waals surface area contributed by atoms with Crippen LogP contribution in [0.4, 0.5) is 0 Å². The summed E-state index contributed by atoms with van der Waals surface area (Å²) in [5.74, 6) is 5.48. The van der Waals surface area contributed by atoms with E-state index < -0.39 is 0 Å². The minimum Gasteiger partial charge on any atom is -0.619 e. The fourth-order valence-corrected chi connectivity index (χ4v) is 0.749. The van der Waals surface area contributed by atoms with Crippen molar-refractivity contribution in [3.63, 3.8) is 0 Å². The van der Waals surface area contributed by atoms with Crippen molar-refractivity contribution < 1.29 is 9.84 Å². The molecule has 1 rings (SSSR count). The number of hydrogen-bond acceptors (Lipinski definition) is 2. The summed E-state index contributed by atoms with van der Waals surface area (Å²) in [7, 11) is 0. The lowest BCUT2D eigenvalue weighted by molar-refractivity contribution is -0.605. The smallest absolute Gasteiger partial charge is 0.195 e. The van der Waals surface area contributed by atoms with Crippen LogP contribution in [-0.2, 0) is 0 Å². The monoisotopic (exact) mass is 163 g/mol. The minimum absolute atomic E-state index is 0.0528. The molecule has 0 spiro atoms. The van der Waals surface area contributed by atoms with Crippen LogP contribution in [0.15, 0.2) is 24.5 Å². The highest BCUT2D eigenvalue weighted by Crippen LogP contribution is 1.90. The molecule has 62 valence electrons. The molecule has 1 N–H and O–H groups in total. The van der Waals surface area contributed by atoms with Gasteiger partial charge in [-0.15, -0.1) is 0 Å². The van der Waals surface area contributed by atoms with Gasteiger partial charge in [-0.25, -0.2) is 0 Å². The summed E-state index contributed by atoms with van der Waals surface area (Å²) in [4.78, 5) is 0. The molecule has 3 heteroatoms. The van der Waals surface area contributed by atoms with Gasteiger partial charge in [-0.05, 0) is 6.07 Å². The maximum absolute atomic E-state index is 10.7. The first-order valence-electron chi connectivity index (χ1n) is 3.61. The Morgan fingerprint density at radius 2 is 2.42 bits per heavy atom. The van der Waals surface area contributed by atoms with Crippen molar-refractivity contribution >= 4 is 0 Å². The van der Waals surface area contributed by atoms with Crippen LogP contribution in [0.25, 0.3) is 0 Å². The maximum Gasteiger partial charge on any atom is 0.195 e. The Bertz CT molecular complexity index is 312. The highest BCUT2D eigenvalue weighted by Gasteiger charge is 1.90. The highest BCUT2D eigenvalue weighted by molar-refractivity contribution is 5.29.